The summed E-state index contributed by atoms with van der Waals surface area (Å²) < 4.78 is 8.08. The second-order valence-electron chi connectivity index (χ2n) is 7.29. The van der Waals surface area contributed by atoms with Crippen molar-refractivity contribution in [2.75, 3.05) is 17.7 Å². The Balaban J connectivity index is 1.51. The molecule has 0 aliphatic carbocycles. The zero-order valence-electron chi connectivity index (χ0n) is 17.7. The number of aryl methyl sites for hydroxylation is 1. The predicted octanol–water partition coefficient (Wildman–Crippen LogP) is 4.35. The van der Waals surface area contributed by atoms with E-state index in [-0.39, 0.29) is 23.3 Å². The van der Waals surface area contributed by atoms with Crippen LogP contribution < -0.4 is 15.6 Å². The van der Waals surface area contributed by atoms with E-state index in [1.165, 1.54) is 23.1 Å². The summed E-state index contributed by atoms with van der Waals surface area (Å²) in [5.41, 5.74) is 2.62. The standard InChI is InChI=1S/C21H23N5O3S2/c1-5-29-13-6-7-16-14(9-13)23-20(31-16)25-17(27)10-30-21-24-15-8-12(4)22-18(15)19(28)26(21)11(2)3/h6-9,11,22H,5,10H2,1-4H3,(H,23,25,27). The summed E-state index contributed by atoms with van der Waals surface area (Å²) in [5.74, 6) is 0.666. The van der Waals surface area contributed by atoms with E-state index >= 15 is 0 Å². The molecule has 0 aliphatic heterocycles. The highest BCUT2D eigenvalue weighted by atomic mass is 32.2. The van der Waals surface area contributed by atoms with Gasteiger partial charge in [-0.2, -0.15) is 0 Å². The van der Waals surface area contributed by atoms with Crippen molar-refractivity contribution in [2.24, 2.45) is 0 Å². The van der Waals surface area contributed by atoms with Crippen molar-refractivity contribution in [3.05, 3.63) is 40.3 Å². The average Bonchev–Trinajstić information content (AvgIpc) is 3.28. The van der Waals surface area contributed by atoms with Gasteiger partial charge in [0.25, 0.3) is 5.56 Å². The molecule has 0 atom stereocenters. The van der Waals surface area contributed by atoms with Crippen LogP contribution in [0.3, 0.4) is 0 Å². The number of carbonyl (C=O) groups excluding carboxylic acids is 1. The van der Waals surface area contributed by atoms with Crippen molar-refractivity contribution in [3.8, 4) is 5.75 Å². The number of nitrogens with zero attached hydrogens (tertiary/aromatic N) is 3. The highest BCUT2D eigenvalue weighted by Crippen LogP contribution is 2.29. The first-order valence-electron chi connectivity index (χ1n) is 9.93. The number of thioether (sulfide) groups is 1. The quantitative estimate of drug-likeness (QED) is 0.316. The van der Waals surface area contributed by atoms with Crippen molar-refractivity contribution in [1.82, 2.24) is 19.5 Å². The summed E-state index contributed by atoms with van der Waals surface area (Å²) in [6.07, 6.45) is 0. The van der Waals surface area contributed by atoms with E-state index in [2.05, 4.69) is 20.3 Å². The summed E-state index contributed by atoms with van der Waals surface area (Å²) in [6.45, 7) is 8.24. The highest BCUT2D eigenvalue weighted by molar-refractivity contribution is 7.99. The summed E-state index contributed by atoms with van der Waals surface area (Å²) in [6, 6.07) is 7.44. The van der Waals surface area contributed by atoms with Gasteiger partial charge in [-0.25, -0.2) is 9.97 Å². The van der Waals surface area contributed by atoms with Crippen LogP contribution in [0, 0.1) is 6.92 Å². The molecular weight excluding hydrogens is 434 g/mol. The molecule has 2 N–H and O–H groups in total. The van der Waals surface area contributed by atoms with Gasteiger partial charge in [0.2, 0.25) is 5.91 Å². The van der Waals surface area contributed by atoms with Crippen molar-refractivity contribution in [1.29, 1.82) is 0 Å². The van der Waals surface area contributed by atoms with Crippen molar-refractivity contribution >= 4 is 55.4 Å². The van der Waals surface area contributed by atoms with Gasteiger partial charge >= 0.3 is 0 Å². The first-order chi connectivity index (χ1) is 14.9. The lowest BCUT2D eigenvalue weighted by Crippen LogP contribution is -2.25. The predicted molar refractivity (Wildman–Crippen MR) is 126 cm³/mol. The first kappa shape index (κ1) is 21.4. The van der Waals surface area contributed by atoms with E-state index in [1.54, 1.807) is 4.57 Å². The third-order valence-corrected chi connectivity index (χ3v) is 6.46. The van der Waals surface area contributed by atoms with Gasteiger partial charge < -0.3 is 15.0 Å². The second-order valence-corrected chi connectivity index (χ2v) is 9.27. The number of amides is 1. The van der Waals surface area contributed by atoms with E-state index in [9.17, 15) is 9.59 Å². The molecule has 3 aromatic heterocycles. The fourth-order valence-corrected chi connectivity index (χ4v) is 5.04. The lowest BCUT2D eigenvalue weighted by molar-refractivity contribution is -0.113. The van der Waals surface area contributed by atoms with Crippen LogP contribution >= 0.6 is 23.1 Å². The number of nitrogens with one attached hydrogen (secondary N) is 2. The molecule has 0 radical (unpaired) electrons. The van der Waals surface area contributed by atoms with Gasteiger partial charge in [-0.05, 0) is 45.9 Å². The summed E-state index contributed by atoms with van der Waals surface area (Å²) in [4.78, 5) is 37.6. The minimum atomic E-state index is -0.205. The van der Waals surface area contributed by atoms with Crippen molar-refractivity contribution in [2.45, 2.75) is 38.9 Å². The van der Waals surface area contributed by atoms with E-state index in [4.69, 9.17) is 4.74 Å². The lowest BCUT2D eigenvalue weighted by atomic mass is 10.3. The van der Waals surface area contributed by atoms with Crippen LogP contribution in [0.4, 0.5) is 5.13 Å². The van der Waals surface area contributed by atoms with Crippen LogP contribution in [0.1, 0.15) is 32.5 Å². The van der Waals surface area contributed by atoms with Crippen LogP contribution in [0.2, 0.25) is 0 Å². The maximum absolute atomic E-state index is 12.9. The smallest absolute Gasteiger partial charge is 0.278 e. The number of carbonyl (C=O) groups is 1. The second kappa shape index (κ2) is 8.72. The topological polar surface area (TPSA) is 102 Å². The zero-order chi connectivity index (χ0) is 22.1. The number of ether oxygens (including phenoxy) is 1. The molecule has 0 fully saturated rings. The van der Waals surface area contributed by atoms with Gasteiger partial charge in [-0.15, -0.1) is 0 Å². The number of rotatable bonds is 7. The van der Waals surface area contributed by atoms with Crippen molar-refractivity contribution in [3.63, 3.8) is 0 Å². The molecule has 4 rings (SSSR count). The first-order valence-corrected chi connectivity index (χ1v) is 11.7. The summed E-state index contributed by atoms with van der Waals surface area (Å²) >= 11 is 2.65. The van der Waals surface area contributed by atoms with E-state index < -0.39 is 0 Å². The fraction of sp³-hybridized carbons (Fsp3) is 0.333. The number of benzene rings is 1. The minimum absolute atomic E-state index is 0.0811. The maximum Gasteiger partial charge on any atom is 0.278 e. The Hall–Kier alpha value is -2.85. The Morgan fingerprint density at radius 2 is 2.10 bits per heavy atom. The summed E-state index contributed by atoms with van der Waals surface area (Å²) in [7, 11) is 0. The maximum atomic E-state index is 12.9. The number of aromatic nitrogens is 4. The molecule has 0 unspecified atom stereocenters. The third-order valence-electron chi connectivity index (χ3n) is 4.55. The molecule has 1 amide bonds. The van der Waals surface area contributed by atoms with Crippen LogP contribution in [0.15, 0.2) is 34.2 Å². The molecular formula is C21H23N5O3S2. The molecule has 0 saturated heterocycles. The Kier molecular flexibility index (Phi) is 6.01. The fourth-order valence-electron chi connectivity index (χ4n) is 3.25. The van der Waals surface area contributed by atoms with Gasteiger partial charge in [0, 0.05) is 17.8 Å². The molecule has 8 nitrogen and oxygen atoms in total. The Morgan fingerprint density at radius 3 is 2.84 bits per heavy atom. The highest BCUT2D eigenvalue weighted by Gasteiger charge is 2.17. The average molecular weight is 458 g/mol. The minimum Gasteiger partial charge on any atom is -0.494 e. The normalized spacial score (nSPS) is 11.5. The molecule has 1 aromatic carbocycles. The summed E-state index contributed by atoms with van der Waals surface area (Å²) in [5, 5.41) is 3.89. The van der Waals surface area contributed by atoms with Gasteiger partial charge in [-0.3, -0.25) is 14.2 Å². The number of fused-ring (bicyclic) bond motifs is 2. The third kappa shape index (κ3) is 4.45. The number of anilines is 1. The van der Waals surface area contributed by atoms with Crippen LogP contribution in [0.25, 0.3) is 21.3 Å². The molecule has 3 heterocycles. The molecule has 162 valence electrons. The van der Waals surface area contributed by atoms with Gasteiger partial charge in [0.15, 0.2) is 10.3 Å². The van der Waals surface area contributed by atoms with E-state index in [0.717, 1.165) is 21.7 Å². The molecule has 0 bridgehead atoms. The molecule has 0 spiro atoms. The SMILES string of the molecule is CCOc1ccc2sc(NC(=O)CSc3nc4cc(C)[nH]c4c(=O)n3C(C)C)nc2c1. The molecule has 31 heavy (non-hydrogen) atoms. The molecule has 4 aromatic rings. The van der Waals surface area contributed by atoms with Crippen LogP contribution in [0.5, 0.6) is 5.75 Å². The van der Waals surface area contributed by atoms with Gasteiger partial charge in [0.1, 0.15) is 11.3 Å². The van der Waals surface area contributed by atoms with Crippen LogP contribution in [-0.2, 0) is 4.79 Å². The number of hydrogen-bond acceptors (Lipinski definition) is 7. The lowest BCUT2D eigenvalue weighted by Gasteiger charge is -2.14. The molecule has 0 aliphatic rings. The molecule has 10 heteroatoms. The van der Waals surface area contributed by atoms with E-state index in [0.29, 0.717) is 27.9 Å². The van der Waals surface area contributed by atoms with Crippen molar-refractivity contribution < 1.29 is 9.53 Å². The number of aromatic amines is 1. The monoisotopic (exact) mass is 457 g/mol. The number of H-pyrrole nitrogens is 1. The van der Waals surface area contributed by atoms with Gasteiger partial charge in [0.05, 0.1) is 28.1 Å². The largest absolute Gasteiger partial charge is 0.494 e. The Labute approximate surface area is 187 Å². The van der Waals surface area contributed by atoms with Gasteiger partial charge in [-0.1, -0.05) is 23.1 Å². The Bertz CT molecular complexity index is 1320. The molecule has 0 saturated carbocycles. The number of hydrogen-bond donors (Lipinski definition) is 2. The van der Waals surface area contributed by atoms with E-state index in [1.807, 2.05) is 52.0 Å². The number of thiazole rings is 1. The zero-order valence-corrected chi connectivity index (χ0v) is 19.3. The van der Waals surface area contributed by atoms with Crippen LogP contribution in [-0.4, -0.2) is 37.8 Å². The Morgan fingerprint density at radius 1 is 1.29 bits per heavy atom.